The van der Waals surface area contributed by atoms with E-state index in [0.717, 1.165) is 0 Å². The van der Waals surface area contributed by atoms with Gasteiger partial charge in [-0.1, -0.05) is 44.0 Å². The van der Waals surface area contributed by atoms with Gasteiger partial charge in [-0.2, -0.15) is 0 Å². The summed E-state index contributed by atoms with van der Waals surface area (Å²) in [4.78, 5) is 25.7. The van der Waals surface area contributed by atoms with Gasteiger partial charge in [-0.25, -0.2) is 0 Å². The maximum Gasteiger partial charge on any atom is 0.272 e. The summed E-state index contributed by atoms with van der Waals surface area (Å²) in [5.41, 5.74) is 0.110. The molecule has 2 rings (SSSR count). The summed E-state index contributed by atoms with van der Waals surface area (Å²) in [6.07, 6.45) is 1.50. The van der Waals surface area contributed by atoms with E-state index in [2.05, 4.69) is 10.6 Å². The summed E-state index contributed by atoms with van der Waals surface area (Å²) in [5.74, 6) is 0.280. The first-order chi connectivity index (χ1) is 15.0. The van der Waals surface area contributed by atoms with Crippen molar-refractivity contribution in [3.8, 4) is 17.2 Å². The van der Waals surface area contributed by atoms with Crippen molar-refractivity contribution >= 4 is 46.8 Å². The predicted octanol–water partition coefficient (Wildman–Crippen LogP) is 5.16. The predicted molar refractivity (Wildman–Crippen MR) is 127 cm³/mol. The van der Waals surface area contributed by atoms with Gasteiger partial charge in [-0.15, -0.1) is 0 Å². The fraction of sp³-hybridized carbons (Fsp3) is 0.304. The zero-order chi connectivity index (χ0) is 24.1. The Morgan fingerprint density at radius 3 is 2.03 bits per heavy atom. The van der Waals surface area contributed by atoms with Gasteiger partial charge >= 0.3 is 0 Å². The molecule has 7 nitrogen and oxygen atoms in total. The molecule has 0 heterocycles. The molecule has 0 aliphatic carbocycles. The molecule has 0 unspecified atom stereocenters. The summed E-state index contributed by atoms with van der Waals surface area (Å²) in [6.45, 7) is 5.22. The lowest BCUT2D eigenvalue weighted by Crippen LogP contribution is -2.38. The topological polar surface area (TPSA) is 85.9 Å². The minimum atomic E-state index is -0.734. The number of hydrogen-bond donors (Lipinski definition) is 2. The van der Waals surface area contributed by atoms with E-state index in [0.29, 0.717) is 38.5 Å². The molecule has 0 aliphatic heterocycles. The standard InChI is InChI=1S/C23H26Cl2N2O5/c1-23(2,3)22(29)27-17(21(28)26-16-12-14(24)7-8-15(16)25)9-13-10-18(30-4)20(32-6)19(11-13)31-5/h7-12H,1-6H3,(H,26,28)(H,27,29)/b17-9+. The van der Waals surface area contributed by atoms with Crippen LogP contribution in [0.3, 0.4) is 0 Å². The molecule has 0 aliphatic rings. The fourth-order valence-corrected chi connectivity index (χ4v) is 2.94. The summed E-state index contributed by atoms with van der Waals surface area (Å²) < 4.78 is 16.1. The number of nitrogens with one attached hydrogen (secondary N) is 2. The molecule has 172 valence electrons. The third-order valence-corrected chi connectivity index (χ3v) is 4.91. The number of rotatable bonds is 7. The molecule has 0 spiro atoms. The first-order valence-electron chi connectivity index (χ1n) is 9.59. The number of benzene rings is 2. The van der Waals surface area contributed by atoms with Crippen molar-refractivity contribution in [3.05, 3.63) is 51.6 Å². The number of hydrogen-bond acceptors (Lipinski definition) is 5. The van der Waals surface area contributed by atoms with Crippen LogP contribution in [0.2, 0.25) is 10.0 Å². The Kier molecular flexibility index (Phi) is 8.41. The minimum absolute atomic E-state index is 0.00441. The Morgan fingerprint density at radius 2 is 1.53 bits per heavy atom. The second kappa shape index (κ2) is 10.6. The van der Waals surface area contributed by atoms with E-state index >= 15 is 0 Å². The molecule has 9 heteroatoms. The highest BCUT2D eigenvalue weighted by Crippen LogP contribution is 2.38. The first kappa shape index (κ1) is 25.4. The Bertz CT molecular complexity index is 1020. The van der Waals surface area contributed by atoms with Crippen LogP contribution in [0.25, 0.3) is 6.08 Å². The van der Waals surface area contributed by atoms with Gasteiger partial charge in [0.05, 0.1) is 32.0 Å². The smallest absolute Gasteiger partial charge is 0.272 e. The summed E-state index contributed by atoms with van der Waals surface area (Å²) >= 11 is 12.2. The summed E-state index contributed by atoms with van der Waals surface area (Å²) in [7, 11) is 4.47. The van der Waals surface area contributed by atoms with Crippen LogP contribution in [0.4, 0.5) is 5.69 Å². The molecule has 2 aromatic rings. The zero-order valence-electron chi connectivity index (χ0n) is 18.8. The van der Waals surface area contributed by atoms with Crippen molar-refractivity contribution in [2.75, 3.05) is 26.6 Å². The van der Waals surface area contributed by atoms with E-state index in [9.17, 15) is 9.59 Å². The number of anilines is 1. The van der Waals surface area contributed by atoms with Crippen LogP contribution >= 0.6 is 23.2 Å². The third-order valence-electron chi connectivity index (χ3n) is 4.35. The van der Waals surface area contributed by atoms with E-state index < -0.39 is 11.3 Å². The molecule has 0 saturated heterocycles. The molecule has 0 saturated carbocycles. The number of amides is 2. The van der Waals surface area contributed by atoms with E-state index in [-0.39, 0.29) is 11.6 Å². The van der Waals surface area contributed by atoms with E-state index in [1.807, 2.05) is 0 Å². The van der Waals surface area contributed by atoms with Crippen molar-refractivity contribution < 1.29 is 23.8 Å². The molecular formula is C23H26Cl2N2O5. The Hall–Kier alpha value is -2.90. The van der Waals surface area contributed by atoms with Crippen LogP contribution < -0.4 is 24.8 Å². The first-order valence-corrected chi connectivity index (χ1v) is 10.3. The lowest BCUT2D eigenvalue weighted by Gasteiger charge is -2.20. The number of ether oxygens (including phenoxy) is 3. The van der Waals surface area contributed by atoms with Crippen LogP contribution in [0.15, 0.2) is 36.0 Å². The highest BCUT2D eigenvalue weighted by atomic mass is 35.5. The highest BCUT2D eigenvalue weighted by molar-refractivity contribution is 6.36. The van der Waals surface area contributed by atoms with Crippen LogP contribution in [0, 0.1) is 5.41 Å². The molecule has 0 atom stereocenters. The largest absolute Gasteiger partial charge is 0.493 e. The number of methoxy groups -OCH3 is 3. The summed E-state index contributed by atoms with van der Waals surface area (Å²) in [5, 5.41) is 6.07. The Labute approximate surface area is 197 Å². The maximum atomic E-state index is 13.1. The van der Waals surface area contributed by atoms with Gasteiger partial charge < -0.3 is 24.8 Å². The highest BCUT2D eigenvalue weighted by Gasteiger charge is 2.25. The third kappa shape index (κ3) is 6.31. The number of halogens is 2. The Morgan fingerprint density at radius 1 is 0.938 bits per heavy atom. The molecule has 0 aromatic heterocycles. The monoisotopic (exact) mass is 480 g/mol. The average molecular weight is 481 g/mol. The van der Waals surface area contributed by atoms with E-state index in [1.54, 1.807) is 45.0 Å². The van der Waals surface area contributed by atoms with Crippen molar-refractivity contribution in [2.45, 2.75) is 20.8 Å². The van der Waals surface area contributed by atoms with Gasteiger partial charge in [0, 0.05) is 10.4 Å². The van der Waals surface area contributed by atoms with Crippen LogP contribution in [-0.2, 0) is 9.59 Å². The van der Waals surface area contributed by atoms with E-state index in [4.69, 9.17) is 37.4 Å². The summed E-state index contributed by atoms with van der Waals surface area (Å²) in [6, 6.07) is 8.00. The second-order valence-corrected chi connectivity index (χ2v) is 8.64. The zero-order valence-corrected chi connectivity index (χ0v) is 20.3. The molecular weight excluding hydrogens is 455 g/mol. The van der Waals surface area contributed by atoms with Crippen LogP contribution in [0.5, 0.6) is 17.2 Å². The molecule has 2 amide bonds. The van der Waals surface area contributed by atoms with Crippen LogP contribution in [-0.4, -0.2) is 33.1 Å². The van der Waals surface area contributed by atoms with Gasteiger partial charge in [0.25, 0.3) is 5.91 Å². The lowest BCUT2D eigenvalue weighted by molar-refractivity contribution is -0.128. The van der Waals surface area contributed by atoms with Crippen molar-refractivity contribution in [1.82, 2.24) is 5.32 Å². The van der Waals surface area contributed by atoms with Crippen LogP contribution in [0.1, 0.15) is 26.3 Å². The second-order valence-electron chi connectivity index (χ2n) is 7.80. The molecule has 32 heavy (non-hydrogen) atoms. The van der Waals surface area contributed by atoms with Crippen molar-refractivity contribution in [1.29, 1.82) is 0 Å². The molecule has 0 bridgehead atoms. The maximum absolute atomic E-state index is 13.1. The minimum Gasteiger partial charge on any atom is -0.493 e. The normalized spacial score (nSPS) is 11.6. The molecule has 0 fully saturated rings. The van der Waals surface area contributed by atoms with Crippen molar-refractivity contribution in [3.63, 3.8) is 0 Å². The average Bonchev–Trinajstić information content (AvgIpc) is 2.74. The van der Waals surface area contributed by atoms with Gasteiger partial charge in [0.2, 0.25) is 11.7 Å². The number of carbonyl (C=O) groups excluding carboxylic acids is 2. The number of carbonyl (C=O) groups is 2. The van der Waals surface area contributed by atoms with Crippen molar-refractivity contribution in [2.24, 2.45) is 5.41 Å². The molecule has 0 radical (unpaired) electrons. The molecule has 2 aromatic carbocycles. The van der Waals surface area contributed by atoms with E-state index in [1.165, 1.54) is 33.5 Å². The van der Waals surface area contributed by atoms with Gasteiger partial charge in [-0.3, -0.25) is 9.59 Å². The Balaban J connectivity index is 2.53. The fourth-order valence-electron chi connectivity index (χ4n) is 2.60. The van der Waals surface area contributed by atoms with Gasteiger partial charge in [-0.05, 0) is 42.0 Å². The van der Waals surface area contributed by atoms with Gasteiger partial charge in [0.15, 0.2) is 11.5 Å². The lowest BCUT2D eigenvalue weighted by atomic mass is 9.95. The van der Waals surface area contributed by atoms with Gasteiger partial charge in [0.1, 0.15) is 5.70 Å². The quantitative estimate of drug-likeness (QED) is 0.534. The SMILES string of the molecule is COc1cc(/C=C(/NC(=O)C(C)(C)C)C(=O)Nc2cc(Cl)ccc2Cl)cc(OC)c1OC. The molecule has 2 N–H and O–H groups in total.